The Bertz CT molecular complexity index is 1120. The Kier molecular flexibility index (Phi) is 6.75. The van der Waals surface area contributed by atoms with Crippen LogP contribution in [-0.4, -0.2) is 66.1 Å². The van der Waals surface area contributed by atoms with Gasteiger partial charge in [0.1, 0.15) is 0 Å². The van der Waals surface area contributed by atoms with Gasteiger partial charge in [0.25, 0.3) is 5.91 Å². The van der Waals surface area contributed by atoms with Gasteiger partial charge in [0.2, 0.25) is 0 Å². The SMILES string of the molecule is COC[C@@H]1[C@H](c2ccc(-c3ccccc3C)cc2)[C@H]2CN(C(=O)c3cccnc3)CCCCN12. The molecule has 2 aliphatic rings. The third-order valence-corrected chi connectivity index (χ3v) is 7.47. The minimum Gasteiger partial charge on any atom is -0.383 e. The molecule has 2 saturated heterocycles. The summed E-state index contributed by atoms with van der Waals surface area (Å²) in [5.41, 5.74) is 5.80. The van der Waals surface area contributed by atoms with Gasteiger partial charge in [0.15, 0.2) is 0 Å². The van der Waals surface area contributed by atoms with Crippen LogP contribution in [0.4, 0.5) is 0 Å². The maximum Gasteiger partial charge on any atom is 0.255 e. The number of aromatic nitrogens is 1. The molecule has 0 N–H and O–H groups in total. The molecule has 1 aromatic heterocycles. The predicted molar refractivity (Wildman–Crippen MR) is 135 cm³/mol. The zero-order valence-corrected chi connectivity index (χ0v) is 20.1. The van der Waals surface area contributed by atoms with Crippen LogP contribution < -0.4 is 0 Å². The highest BCUT2D eigenvalue weighted by atomic mass is 16.5. The van der Waals surface area contributed by atoms with Crippen molar-refractivity contribution in [2.45, 2.75) is 37.8 Å². The molecule has 0 saturated carbocycles. The van der Waals surface area contributed by atoms with Crippen molar-refractivity contribution in [3.63, 3.8) is 0 Å². The van der Waals surface area contributed by atoms with Crippen molar-refractivity contribution in [2.24, 2.45) is 0 Å². The van der Waals surface area contributed by atoms with Gasteiger partial charge >= 0.3 is 0 Å². The smallest absolute Gasteiger partial charge is 0.255 e. The first kappa shape index (κ1) is 22.8. The van der Waals surface area contributed by atoms with Gasteiger partial charge in [-0.25, -0.2) is 0 Å². The number of hydrogen-bond donors (Lipinski definition) is 0. The van der Waals surface area contributed by atoms with E-state index in [0.717, 1.165) is 32.5 Å². The van der Waals surface area contributed by atoms with Crippen molar-refractivity contribution < 1.29 is 9.53 Å². The molecule has 0 aliphatic carbocycles. The second-order valence-corrected chi connectivity index (χ2v) is 9.49. The zero-order valence-electron chi connectivity index (χ0n) is 20.1. The summed E-state index contributed by atoms with van der Waals surface area (Å²) in [7, 11) is 1.79. The fraction of sp³-hybridized carbons (Fsp3) is 0.379. The average Bonchev–Trinajstić information content (AvgIpc) is 2.86. The lowest BCUT2D eigenvalue weighted by Gasteiger charge is -2.57. The van der Waals surface area contributed by atoms with Crippen LogP contribution in [0.1, 0.15) is 40.2 Å². The van der Waals surface area contributed by atoms with Crippen LogP contribution in [-0.2, 0) is 4.74 Å². The number of rotatable bonds is 5. The fourth-order valence-corrected chi connectivity index (χ4v) is 5.73. The second kappa shape index (κ2) is 10.1. The Hall–Kier alpha value is -3.02. The Labute approximate surface area is 202 Å². The number of aryl methyl sites for hydroxylation is 1. The normalized spacial score (nSPS) is 22.9. The number of fused-ring (bicyclic) bond motifs is 1. The molecule has 1 amide bonds. The van der Waals surface area contributed by atoms with Crippen LogP contribution in [0.5, 0.6) is 0 Å². The van der Waals surface area contributed by atoms with E-state index in [0.29, 0.717) is 30.2 Å². The quantitative estimate of drug-likeness (QED) is 0.556. The highest BCUT2D eigenvalue weighted by molar-refractivity contribution is 5.93. The third-order valence-electron chi connectivity index (χ3n) is 7.47. The van der Waals surface area contributed by atoms with Crippen LogP contribution in [0.3, 0.4) is 0 Å². The highest BCUT2D eigenvalue weighted by Gasteiger charge is 2.49. The molecule has 2 aromatic carbocycles. The van der Waals surface area contributed by atoms with Gasteiger partial charge < -0.3 is 9.64 Å². The lowest BCUT2D eigenvalue weighted by Crippen LogP contribution is -2.68. The number of amides is 1. The maximum atomic E-state index is 13.3. The van der Waals surface area contributed by atoms with Crippen LogP contribution >= 0.6 is 0 Å². The number of ether oxygens (including phenoxy) is 1. The highest BCUT2D eigenvalue weighted by Crippen LogP contribution is 2.43. The molecule has 3 aromatic rings. The molecule has 2 fully saturated rings. The monoisotopic (exact) mass is 455 g/mol. The maximum absolute atomic E-state index is 13.3. The molecule has 3 atom stereocenters. The van der Waals surface area contributed by atoms with E-state index in [4.69, 9.17) is 4.74 Å². The van der Waals surface area contributed by atoms with E-state index in [1.54, 1.807) is 19.5 Å². The van der Waals surface area contributed by atoms with Crippen molar-refractivity contribution in [3.05, 3.63) is 89.7 Å². The molecule has 0 unspecified atom stereocenters. The number of carbonyl (C=O) groups is 1. The topological polar surface area (TPSA) is 45.7 Å². The zero-order chi connectivity index (χ0) is 23.5. The number of benzene rings is 2. The summed E-state index contributed by atoms with van der Waals surface area (Å²) >= 11 is 0. The number of methoxy groups -OCH3 is 1. The fourth-order valence-electron chi connectivity index (χ4n) is 5.73. The molecule has 176 valence electrons. The first-order chi connectivity index (χ1) is 16.7. The van der Waals surface area contributed by atoms with Crippen LogP contribution in [0.15, 0.2) is 73.1 Å². The standard InChI is InChI=1S/C29H33N3O2/c1-21-8-3-4-10-25(21)22-11-13-23(14-12-22)28-26-19-31(29(33)24-9-7-15-30-18-24)16-5-6-17-32(26)27(28)20-34-2/h3-4,7-15,18,26-28H,5-6,16-17,19-20H2,1-2H3/t26-,27-,28-/m1/s1. The average molecular weight is 456 g/mol. The van der Waals surface area contributed by atoms with Crippen LogP contribution in [0.2, 0.25) is 0 Å². The minimum atomic E-state index is 0.0822. The Balaban J connectivity index is 1.41. The molecule has 2 aliphatic heterocycles. The van der Waals surface area contributed by atoms with E-state index in [9.17, 15) is 4.79 Å². The molecule has 3 heterocycles. The van der Waals surface area contributed by atoms with Gasteiger partial charge in [0.05, 0.1) is 12.2 Å². The Morgan fingerprint density at radius 1 is 1.03 bits per heavy atom. The molecular weight excluding hydrogens is 422 g/mol. The van der Waals surface area contributed by atoms with Gasteiger partial charge in [-0.1, -0.05) is 48.5 Å². The van der Waals surface area contributed by atoms with Crippen molar-refractivity contribution in [3.8, 4) is 11.1 Å². The molecule has 5 rings (SSSR count). The predicted octanol–water partition coefficient (Wildman–Crippen LogP) is 4.78. The second-order valence-electron chi connectivity index (χ2n) is 9.49. The molecular formula is C29H33N3O2. The van der Waals surface area contributed by atoms with Crippen molar-refractivity contribution >= 4 is 5.91 Å². The molecule has 0 spiro atoms. The molecule has 34 heavy (non-hydrogen) atoms. The molecule has 0 bridgehead atoms. The van der Waals surface area contributed by atoms with Crippen LogP contribution in [0.25, 0.3) is 11.1 Å². The molecule has 5 nitrogen and oxygen atoms in total. The first-order valence-electron chi connectivity index (χ1n) is 12.3. The van der Waals surface area contributed by atoms with E-state index in [1.165, 1.54) is 22.3 Å². The summed E-state index contributed by atoms with van der Waals surface area (Å²) in [6.07, 6.45) is 5.50. The van der Waals surface area contributed by atoms with E-state index in [-0.39, 0.29) is 5.91 Å². The van der Waals surface area contributed by atoms with Gasteiger partial charge in [0, 0.05) is 50.6 Å². The third kappa shape index (κ3) is 4.38. The lowest BCUT2D eigenvalue weighted by molar-refractivity contribution is -0.0680. The summed E-state index contributed by atoms with van der Waals surface area (Å²) < 4.78 is 5.64. The van der Waals surface area contributed by atoms with Gasteiger partial charge in [-0.15, -0.1) is 0 Å². The Morgan fingerprint density at radius 2 is 1.82 bits per heavy atom. The van der Waals surface area contributed by atoms with Gasteiger partial charge in [-0.05, 0) is 60.7 Å². The van der Waals surface area contributed by atoms with E-state index >= 15 is 0 Å². The summed E-state index contributed by atoms with van der Waals surface area (Å²) in [5.74, 6) is 0.423. The summed E-state index contributed by atoms with van der Waals surface area (Å²) in [5, 5.41) is 0. The van der Waals surface area contributed by atoms with Crippen molar-refractivity contribution in [2.75, 3.05) is 33.4 Å². The number of carbonyl (C=O) groups excluding carboxylic acids is 1. The Morgan fingerprint density at radius 3 is 2.56 bits per heavy atom. The first-order valence-corrected chi connectivity index (χ1v) is 12.3. The van der Waals surface area contributed by atoms with Crippen molar-refractivity contribution in [1.29, 1.82) is 0 Å². The van der Waals surface area contributed by atoms with E-state index in [1.807, 2.05) is 17.0 Å². The van der Waals surface area contributed by atoms with E-state index in [2.05, 4.69) is 65.3 Å². The minimum absolute atomic E-state index is 0.0822. The van der Waals surface area contributed by atoms with E-state index < -0.39 is 0 Å². The number of hydrogen-bond acceptors (Lipinski definition) is 4. The van der Waals surface area contributed by atoms with Crippen LogP contribution in [0, 0.1) is 6.92 Å². The number of nitrogens with zero attached hydrogens (tertiary/aromatic N) is 3. The van der Waals surface area contributed by atoms with Crippen molar-refractivity contribution in [1.82, 2.24) is 14.8 Å². The molecule has 5 heteroatoms. The molecule has 0 radical (unpaired) electrons. The van der Waals surface area contributed by atoms with Gasteiger partial charge in [-0.2, -0.15) is 0 Å². The lowest BCUT2D eigenvalue weighted by atomic mass is 9.74. The number of pyridine rings is 1. The summed E-state index contributed by atoms with van der Waals surface area (Å²) in [4.78, 5) is 22.0. The largest absolute Gasteiger partial charge is 0.383 e. The summed E-state index contributed by atoms with van der Waals surface area (Å²) in [6, 6.07) is 21.9. The summed E-state index contributed by atoms with van der Waals surface area (Å²) in [6.45, 7) is 5.46. The van der Waals surface area contributed by atoms with Gasteiger partial charge in [-0.3, -0.25) is 14.7 Å².